The number of carbonyl (C=O) groups is 1. The molecule has 2 nitrogen and oxygen atoms in total. The molecule has 0 aliphatic heterocycles. The summed E-state index contributed by atoms with van der Waals surface area (Å²) >= 11 is 9.50. The second-order valence-electron chi connectivity index (χ2n) is 0.771. The minimum atomic E-state index is -0.785. The van der Waals surface area contributed by atoms with Crippen LogP contribution < -0.4 is 0 Å². The predicted molar refractivity (Wildman–Crippen MR) is 27.4 cm³/mol. The molecule has 0 aromatic carbocycles. The third kappa shape index (κ3) is 5.79. The van der Waals surface area contributed by atoms with Crippen LogP contribution in [0.3, 0.4) is 0 Å². The lowest BCUT2D eigenvalue weighted by molar-refractivity contribution is -0.107. The smallest absolute Gasteiger partial charge is 0.249 e. The van der Waals surface area contributed by atoms with Gasteiger partial charge in [0.05, 0.1) is 6.08 Å². The zero-order chi connectivity index (χ0) is 5.86. The summed E-state index contributed by atoms with van der Waals surface area (Å²) in [6, 6.07) is 0. The van der Waals surface area contributed by atoms with E-state index in [9.17, 15) is 4.79 Å². The fourth-order valence-electron chi connectivity index (χ4n) is 0.0936. The normalized spacial score (nSPS) is 11.4. The molecular weight excluding hydrogens is 139 g/mol. The second-order valence-corrected chi connectivity index (χ2v) is 1.53. The number of hydrogen-bond donors (Lipinski definition) is 1. The van der Waals surface area contributed by atoms with Gasteiger partial charge in [-0.1, -0.05) is 0 Å². The van der Waals surface area contributed by atoms with Crippen molar-refractivity contribution in [3.63, 3.8) is 0 Å². The summed E-state index contributed by atoms with van der Waals surface area (Å²) < 4.78 is 0. The molecule has 40 valence electrons. The first-order valence-corrected chi connectivity index (χ1v) is 2.14. The first kappa shape index (κ1) is 6.79. The number of aliphatic hydroxyl groups is 1. The van der Waals surface area contributed by atoms with Gasteiger partial charge in [0, 0.05) is 0 Å². The molecule has 0 rings (SSSR count). The van der Waals surface area contributed by atoms with Crippen molar-refractivity contribution in [1.82, 2.24) is 0 Å². The Morgan fingerprint density at radius 1 is 1.57 bits per heavy atom. The molecule has 0 bridgehead atoms. The Balaban J connectivity index is 3.68. The topological polar surface area (TPSA) is 37.3 Å². The van der Waals surface area contributed by atoms with Gasteiger partial charge in [-0.2, -0.15) is 0 Å². The van der Waals surface area contributed by atoms with Gasteiger partial charge in [0.1, 0.15) is 0 Å². The van der Waals surface area contributed by atoms with Crippen LogP contribution in [0, 0.1) is 0 Å². The molecule has 0 heterocycles. The van der Waals surface area contributed by atoms with Crippen LogP contribution in [0.2, 0.25) is 0 Å². The van der Waals surface area contributed by atoms with Crippen molar-refractivity contribution in [1.29, 1.82) is 0 Å². The highest BCUT2D eigenvalue weighted by atomic mass is 35.5. The SMILES string of the molecule is O=C(Cl)/C=C(/O)Cl. The van der Waals surface area contributed by atoms with Crippen LogP contribution in [-0.4, -0.2) is 10.3 Å². The number of allylic oxidation sites excluding steroid dienone is 1. The van der Waals surface area contributed by atoms with E-state index in [1.165, 1.54) is 0 Å². The lowest BCUT2D eigenvalue weighted by atomic mass is 10.7. The summed E-state index contributed by atoms with van der Waals surface area (Å²) in [5, 5.41) is 6.66. The van der Waals surface area contributed by atoms with Crippen LogP contribution >= 0.6 is 23.2 Å². The van der Waals surface area contributed by atoms with E-state index in [4.69, 9.17) is 28.3 Å². The van der Waals surface area contributed by atoms with Gasteiger partial charge in [-0.25, -0.2) is 0 Å². The van der Waals surface area contributed by atoms with Crippen molar-refractivity contribution in [2.45, 2.75) is 0 Å². The Kier molecular flexibility index (Phi) is 2.79. The van der Waals surface area contributed by atoms with Crippen molar-refractivity contribution >= 4 is 28.4 Å². The van der Waals surface area contributed by atoms with E-state index >= 15 is 0 Å². The number of halogens is 2. The van der Waals surface area contributed by atoms with Crippen molar-refractivity contribution in [2.24, 2.45) is 0 Å². The highest BCUT2D eigenvalue weighted by molar-refractivity contribution is 6.67. The molecule has 0 aromatic heterocycles. The summed E-state index contributed by atoms with van der Waals surface area (Å²) in [4.78, 5) is 9.70. The van der Waals surface area contributed by atoms with Gasteiger partial charge in [0.25, 0.3) is 0 Å². The monoisotopic (exact) mass is 140 g/mol. The van der Waals surface area contributed by atoms with Crippen LogP contribution in [0.1, 0.15) is 0 Å². The third-order valence-corrected chi connectivity index (χ3v) is 0.451. The van der Waals surface area contributed by atoms with Gasteiger partial charge < -0.3 is 5.11 Å². The average Bonchev–Trinajstić information content (AvgIpc) is 1.27. The van der Waals surface area contributed by atoms with Gasteiger partial charge in [-0.3, -0.25) is 4.79 Å². The maximum absolute atomic E-state index is 9.70. The summed E-state index contributed by atoms with van der Waals surface area (Å²) in [5.41, 5.74) is 0. The highest BCUT2D eigenvalue weighted by Crippen LogP contribution is 1.94. The largest absolute Gasteiger partial charge is 0.498 e. The molecule has 0 aromatic rings. The zero-order valence-electron chi connectivity index (χ0n) is 3.19. The standard InChI is InChI=1S/C3H2Cl2O2/c4-2(6)1-3(5)7/h1,6H/b2-1+. The van der Waals surface area contributed by atoms with E-state index in [1.807, 2.05) is 0 Å². The Hall–Kier alpha value is -0.210. The first-order chi connectivity index (χ1) is 3.13. The molecule has 4 heteroatoms. The lowest BCUT2D eigenvalue weighted by Gasteiger charge is -1.75. The van der Waals surface area contributed by atoms with Gasteiger partial charge in [0.15, 0.2) is 5.22 Å². The van der Waals surface area contributed by atoms with Gasteiger partial charge in [-0.05, 0) is 23.2 Å². The Labute approximate surface area is 50.3 Å². The van der Waals surface area contributed by atoms with Gasteiger partial charge in [-0.15, -0.1) is 0 Å². The van der Waals surface area contributed by atoms with Crippen molar-refractivity contribution in [2.75, 3.05) is 0 Å². The Bertz CT molecular complexity index is 104. The molecule has 0 amide bonds. The molecule has 0 spiro atoms. The van der Waals surface area contributed by atoms with Crippen LogP contribution in [0.4, 0.5) is 0 Å². The Morgan fingerprint density at radius 3 is 2.00 bits per heavy atom. The second kappa shape index (κ2) is 2.88. The van der Waals surface area contributed by atoms with Gasteiger partial charge >= 0.3 is 0 Å². The number of hydrogen-bond acceptors (Lipinski definition) is 2. The predicted octanol–water partition coefficient (Wildman–Crippen LogP) is 1.39. The van der Waals surface area contributed by atoms with E-state index in [-0.39, 0.29) is 0 Å². The minimum Gasteiger partial charge on any atom is -0.498 e. The molecule has 0 atom stereocenters. The van der Waals surface area contributed by atoms with Gasteiger partial charge in [0.2, 0.25) is 5.24 Å². The zero-order valence-corrected chi connectivity index (χ0v) is 4.70. The molecule has 0 aliphatic rings. The fourth-order valence-corrected chi connectivity index (χ4v) is 0.352. The van der Waals surface area contributed by atoms with E-state index in [1.54, 1.807) is 0 Å². The maximum atomic E-state index is 9.70. The van der Waals surface area contributed by atoms with E-state index in [2.05, 4.69) is 0 Å². The molecule has 7 heavy (non-hydrogen) atoms. The van der Waals surface area contributed by atoms with Crippen LogP contribution in [0.25, 0.3) is 0 Å². The quantitative estimate of drug-likeness (QED) is 0.340. The van der Waals surface area contributed by atoms with Crippen molar-refractivity contribution in [3.05, 3.63) is 11.3 Å². The molecule has 1 N–H and O–H groups in total. The van der Waals surface area contributed by atoms with Crippen LogP contribution in [-0.2, 0) is 4.79 Å². The highest BCUT2D eigenvalue weighted by Gasteiger charge is 1.88. The van der Waals surface area contributed by atoms with Crippen LogP contribution in [0.15, 0.2) is 11.3 Å². The minimum absolute atomic E-state index is 0.597. The number of rotatable bonds is 1. The molecular formula is C3H2Cl2O2. The number of aliphatic hydroxyl groups excluding tert-OH is 1. The molecule has 0 saturated heterocycles. The van der Waals surface area contributed by atoms with E-state index in [0.717, 1.165) is 0 Å². The molecule has 0 radical (unpaired) electrons. The van der Waals surface area contributed by atoms with E-state index < -0.39 is 10.5 Å². The molecule has 0 saturated carbocycles. The molecule has 0 fully saturated rings. The fraction of sp³-hybridized carbons (Fsp3) is 0. The number of carbonyl (C=O) groups excluding carboxylic acids is 1. The lowest BCUT2D eigenvalue weighted by Crippen LogP contribution is -1.76. The summed E-state index contributed by atoms with van der Waals surface area (Å²) in [5.74, 6) is 0. The summed E-state index contributed by atoms with van der Waals surface area (Å²) in [7, 11) is 0. The first-order valence-electron chi connectivity index (χ1n) is 1.38. The summed E-state index contributed by atoms with van der Waals surface area (Å²) in [6.45, 7) is 0. The van der Waals surface area contributed by atoms with Crippen molar-refractivity contribution < 1.29 is 9.90 Å². The third-order valence-electron chi connectivity index (χ3n) is 0.233. The Morgan fingerprint density at radius 2 is 2.00 bits per heavy atom. The maximum Gasteiger partial charge on any atom is 0.249 e. The van der Waals surface area contributed by atoms with E-state index in [0.29, 0.717) is 6.08 Å². The van der Waals surface area contributed by atoms with Crippen LogP contribution in [0.5, 0.6) is 0 Å². The van der Waals surface area contributed by atoms with Crippen molar-refractivity contribution in [3.8, 4) is 0 Å². The molecule has 0 unspecified atom stereocenters. The summed E-state index contributed by atoms with van der Waals surface area (Å²) in [6.07, 6.45) is 0.698. The average molecular weight is 141 g/mol. The molecule has 0 aliphatic carbocycles.